The summed E-state index contributed by atoms with van der Waals surface area (Å²) < 4.78 is 40.2. The van der Waals surface area contributed by atoms with E-state index in [4.69, 9.17) is 0 Å². The summed E-state index contributed by atoms with van der Waals surface area (Å²) >= 11 is 0. The number of hydrogen-bond donors (Lipinski definition) is 1. The number of benzene rings is 3. The highest BCUT2D eigenvalue weighted by molar-refractivity contribution is 6.25. The minimum absolute atomic E-state index is 0.178. The summed E-state index contributed by atoms with van der Waals surface area (Å²) in [6, 6.07) is 14.3. The summed E-state index contributed by atoms with van der Waals surface area (Å²) in [5, 5.41) is 13.7. The number of nitro benzene ring substituents is 1. The van der Waals surface area contributed by atoms with Crippen LogP contribution in [0.2, 0.25) is 0 Å². The first-order valence-corrected chi connectivity index (χ1v) is 12.2. The summed E-state index contributed by atoms with van der Waals surface area (Å²) in [6.07, 6.45) is -1.17. The van der Waals surface area contributed by atoms with Crippen molar-refractivity contribution in [3.05, 3.63) is 100 Å². The smallest absolute Gasteiger partial charge is 0.351 e. The molecule has 3 aliphatic heterocycles. The molecule has 2 saturated heterocycles. The Hall–Kier alpha value is -5.00. The van der Waals surface area contributed by atoms with Crippen LogP contribution in [0.5, 0.6) is 0 Å². The van der Waals surface area contributed by atoms with E-state index in [0.717, 1.165) is 28.7 Å². The number of amides is 3. The van der Waals surface area contributed by atoms with Crippen molar-refractivity contribution >= 4 is 46.5 Å². The number of nitrogens with one attached hydrogen (secondary N) is 1. The first kappa shape index (κ1) is 25.3. The van der Waals surface area contributed by atoms with E-state index in [0.29, 0.717) is 5.69 Å². The predicted molar refractivity (Wildman–Crippen MR) is 138 cm³/mol. The third-order valence-corrected chi connectivity index (χ3v) is 7.46. The molecule has 0 bridgehead atoms. The molecule has 3 aromatic rings. The number of hydrogen-bond acceptors (Lipinski definition) is 6. The Morgan fingerprint density at radius 2 is 1.62 bits per heavy atom. The van der Waals surface area contributed by atoms with Gasteiger partial charge in [-0.15, -0.1) is 0 Å². The predicted octanol–water partition coefficient (Wildman–Crippen LogP) is 4.64. The second-order valence-corrected chi connectivity index (χ2v) is 9.67. The van der Waals surface area contributed by atoms with Gasteiger partial charge in [-0.1, -0.05) is 36.4 Å². The first-order valence-electron chi connectivity index (χ1n) is 12.2. The lowest BCUT2D eigenvalue weighted by Gasteiger charge is -2.36. The standard InChI is InChI=1S/C28H19F3N4O5/c29-28(30,31)16-5-3-6-19(14-16)33-26(37)22-21-13-8-15-4-1-2-7-20(15)34(21)24(23(22)27(33)38)25(36)32-17-9-11-18(12-10-17)35(39)40/h1-14,21-24H,(H,32,36)/t21-,22+,23-,24-/m0/s1. The lowest BCUT2D eigenvalue weighted by molar-refractivity contribution is -0.384. The van der Waals surface area contributed by atoms with Crippen LogP contribution in [0.15, 0.2) is 78.9 Å². The van der Waals surface area contributed by atoms with Crippen molar-refractivity contribution in [2.75, 3.05) is 15.1 Å². The fraction of sp³-hybridized carbons (Fsp3) is 0.179. The Morgan fingerprint density at radius 3 is 2.33 bits per heavy atom. The van der Waals surface area contributed by atoms with Crippen molar-refractivity contribution < 1.29 is 32.5 Å². The maximum Gasteiger partial charge on any atom is 0.416 e. The molecule has 202 valence electrons. The molecule has 3 heterocycles. The number of non-ortho nitro benzene ring substituents is 1. The number of para-hydroxylation sites is 1. The lowest BCUT2D eigenvalue weighted by Crippen LogP contribution is -2.50. The van der Waals surface area contributed by atoms with Gasteiger partial charge in [-0.25, -0.2) is 4.90 Å². The number of halogens is 3. The quantitative estimate of drug-likeness (QED) is 0.289. The van der Waals surface area contributed by atoms with Crippen LogP contribution in [0.25, 0.3) is 6.08 Å². The number of nitrogens with zero attached hydrogens (tertiary/aromatic N) is 3. The van der Waals surface area contributed by atoms with Crippen molar-refractivity contribution in [3.63, 3.8) is 0 Å². The number of rotatable bonds is 4. The Balaban J connectivity index is 1.41. The van der Waals surface area contributed by atoms with E-state index < -0.39 is 58.3 Å². The summed E-state index contributed by atoms with van der Waals surface area (Å²) in [5.41, 5.74) is 0.218. The molecule has 2 fully saturated rings. The molecule has 4 atom stereocenters. The van der Waals surface area contributed by atoms with Gasteiger partial charge in [-0.05, 0) is 42.0 Å². The number of nitro groups is 1. The maximum atomic E-state index is 13.8. The van der Waals surface area contributed by atoms with Crippen molar-refractivity contribution in [2.24, 2.45) is 11.8 Å². The molecule has 9 nitrogen and oxygen atoms in total. The minimum atomic E-state index is -4.68. The zero-order chi connectivity index (χ0) is 28.3. The Kier molecular flexibility index (Phi) is 5.71. The highest BCUT2D eigenvalue weighted by atomic mass is 19.4. The second-order valence-electron chi connectivity index (χ2n) is 9.67. The molecule has 40 heavy (non-hydrogen) atoms. The van der Waals surface area contributed by atoms with E-state index in [9.17, 15) is 37.7 Å². The minimum Gasteiger partial charge on any atom is -0.351 e. The molecule has 0 spiro atoms. The van der Waals surface area contributed by atoms with Gasteiger partial charge in [-0.3, -0.25) is 24.5 Å². The van der Waals surface area contributed by atoms with Crippen LogP contribution in [-0.4, -0.2) is 34.7 Å². The zero-order valence-electron chi connectivity index (χ0n) is 20.4. The van der Waals surface area contributed by atoms with E-state index >= 15 is 0 Å². The number of imide groups is 1. The van der Waals surface area contributed by atoms with Crippen LogP contribution in [0.4, 0.5) is 35.9 Å². The second kappa shape index (κ2) is 9.04. The summed E-state index contributed by atoms with van der Waals surface area (Å²) in [4.78, 5) is 54.2. The van der Waals surface area contributed by atoms with E-state index in [-0.39, 0.29) is 17.1 Å². The Bertz CT molecular complexity index is 1600. The topological polar surface area (TPSA) is 113 Å². The molecule has 3 aliphatic rings. The molecule has 0 unspecified atom stereocenters. The van der Waals surface area contributed by atoms with Gasteiger partial charge in [0, 0.05) is 23.5 Å². The molecule has 0 saturated carbocycles. The first-order chi connectivity index (χ1) is 19.1. The number of alkyl halides is 3. The maximum absolute atomic E-state index is 13.8. The van der Waals surface area contributed by atoms with E-state index in [1.807, 2.05) is 6.07 Å². The monoisotopic (exact) mass is 548 g/mol. The van der Waals surface area contributed by atoms with Gasteiger partial charge in [0.15, 0.2) is 0 Å². The van der Waals surface area contributed by atoms with E-state index in [2.05, 4.69) is 5.32 Å². The SMILES string of the molecule is O=C(Nc1ccc([N+](=O)[O-])cc1)[C@@H]1[C@H]2C(=O)N(c3cccc(C(F)(F)F)c3)C(=O)[C@@H]2[C@@H]2C=Cc3ccccc3N12. The van der Waals surface area contributed by atoms with Crippen LogP contribution < -0.4 is 15.1 Å². The van der Waals surface area contributed by atoms with Gasteiger partial charge < -0.3 is 10.2 Å². The summed E-state index contributed by atoms with van der Waals surface area (Å²) in [6.45, 7) is 0. The van der Waals surface area contributed by atoms with Gasteiger partial charge in [0.1, 0.15) is 6.04 Å². The summed E-state index contributed by atoms with van der Waals surface area (Å²) in [5.74, 6) is -4.33. The van der Waals surface area contributed by atoms with Gasteiger partial charge >= 0.3 is 6.18 Å². The van der Waals surface area contributed by atoms with Crippen molar-refractivity contribution in [1.82, 2.24) is 0 Å². The molecular formula is C28H19F3N4O5. The van der Waals surface area contributed by atoms with Crippen LogP contribution in [0.1, 0.15) is 11.1 Å². The van der Waals surface area contributed by atoms with Gasteiger partial charge in [-0.2, -0.15) is 13.2 Å². The van der Waals surface area contributed by atoms with Crippen molar-refractivity contribution in [2.45, 2.75) is 18.3 Å². The molecule has 0 aliphatic carbocycles. The molecule has 0 radical (unpaired) electrons. The van der Waals surface area contributed by atoms with Crippen molar-refractivity contribution in [3.8, 4) is 0 Å². The Morgan fingerprint density at radius 1 is 0.925 bits per heavy atom. The normalized spacial score (nSPS) is 23.1. The number of anilines is 3. The fourth-order valence-electron chi connectivity index (χ4n) is 5.77. The highest BCUT2D eigenvalue weighted by Gasteiger charge is 2.64. The molecule has 6 rings (SSSR count). The lowest BCUT2D eigenvalue weighted by atomic mass is 9.88. The van der Waals surface area contributed by atoms with Crippen LogP contribution in [0.3, 0.4) is 0 Å². The van der Waals surface area contributed by atoms with Crippen LogP contribution in [0, 0.1) is 22.0 Å². The fourth-order valence-corrected chi connectivity index (χ4v) is 5.77. The zero-order valence-corrected chi connectivity index (χ0v) is 20.4. The molecule has 1 N–H and O–H groups in total. The number of carbonyl (C=O) groups is 3. The van der Waals surface area contributed by atoms with E-state index in [1.165, 1.54) is 30.3 Å². The van der Waals surface area contributed by atoms with E-state index in [1.54, 1.807) is 35.3 Å². The average molecular weight is 548 g/mol. The van der Waals surface area contributed by atoms with Gasteiger partial charge in [0.2, 0.25) is 17.7 Å². The summed E-state index contributed by atoms with van der Waals surface area (Å²) in [7, 11) is 0. The average Bonchev–Trinajstić information content (AvgIpc) is 3.41. The largest absolute Gasteiger partial charge is 0.416 e. The third-order valence-electron chi connectivity index (χ3n) is 7.46. The van der Waals surface area contributed by atoms with Crippen molar-refractivity contribution in [1.29, 1.82) is 0 Å². The third kappa shape index (κ3) is 3.91. The molecule has 3 amide bonds. The highest BCUT2D eigenvalue weighted by Crippen LogP contribution is 2.49. The van der Waals surface area contributed by atoms with Crippen LogP contribution >= 0.6 is 0 Å². The van der Waals surface area contributed by atoms with Crippen LogP contribution in [-0.2, 0) is 20.6 Å². The number of fused-ring (bicyclic) bond motifs is 5. The molecule has 0 aromatic heterocycles. The van der Waals surface area contributed by atoms with Gasteiger partial charge in [0.05, 0.1) is 34.1 Å². The molecule has 3 aromatic carbocycles. The Labute approximate surface area is 224 Å². The molecular weight excluding hydrogens is 529 g/mol. The number of carbonyl (C=O) groups excluding carboxylic acids is 3. The molecule has 12 heteroatoms. The van der Waals surface area contributed by atoms with Gasteiger partial charge in [0.25, 0.3) is 5.69 Å².